The number of benzene rings is 1. The van der Waals surface area contributed by atoms with E-state index in [1.165, 1.54) is 23.5 Å². The molecule has 0 saturated carbocycles. The Morgan fingerprint density at radius 3 is 2.40 bits per heavy atom. The molecule has 0 atom stereocenters. The van der Waals surface area contributed by atoms with Crippen LogP contribution in [0.1, 0.15) is 27.4 Å². The molecule has 0 aliphatic rings. The lowest BCUT2D eigenvalue weighted by atomic mass is 10.2. The molecule has 1 amide bonds. The minimum Gasteiger partial charge on any atom is -0.383 e. The summed E-state index contributed by atoms with van der Waals surface area (Å²) in [6.45, 7) is 2.83. The van der Waals surface area contributed by atoms with Crippen molar-refractivity contribution in [1.29, 1.82) is 0 Å². The number of hydrogen-bond donors (Lipinski definition) is 2. The zero-order valence-electron chi connectivity index (χ0n) is 13.8. The Kier molecular flexibility index (Phi) is 6.64. The van der Waals surface area contributed by atoms with Gasteiger partial charge in [-0.1, -0.05) is 0 Å². The van der Waals surface area contributed by atoms with Gasteiger partial charge in [0, 0.05) is 48.6 Å². The molecule has 0 aliphatic carbocycles. The highest BCUT2D eigenvalue weighted by atomic mass is 32.1. The maximum atomic E-state index is 11.9. The van der Waals surface area contributed by atoms with Crippen molar-refractivity contribution in [1.82, 2.24) is 5.32 Å². The zero-order chi connectivity index (χ0) is 18.2. The van der Waals surface area contributed by atoms with E-state index in [-0.39, 0.29) is 30.2 Å². The molecule has 7 nitrogen and oxygen atoms in total. The summed E-state index contributed by atoms with van der Waals surface area (Å²) in [6, 6.07) is 9.73. The number of thiophene rings is 1. The summed E-state index contributed by atoms with van der Waals surface area (Å²) in [5, 5.41) is 16.4. The highest BCUT2D eigenvalue weighted by molar-refractivity contribution is 7.14. The third-order valence-corrected chi connectivity index (χ3v) is 4.49. The monoisotopic (exact) mass is 361 g/mol. The first-order chi connectivity index (χ1) is 12.0. The molecule has 0 spiro atoms. The van der Waals surface area contributed by atoms with Crippen LogP contribution in [-0.4, -0.2) is 29.7 Å². The predicted octanol–water partition coefficient (Wildman–Crippen LogP) is 3.16. The van der Waals surface area contributed by atoms with Gasteiger partial charge < -0.3 is 10.6 Å². The lowest BCUT2D eigenvalue weighted by molar-refractivity contribution is -0.384. The first-order valence-corrected chi connectivity index (χ1v) is 8.62. The number of nitro benzene ring substituents is 1. The van der Waals surface area contributed by atoms with Gasteiger partial charge in [0.05, 0.1) is 9.80 Å². The van der Waals surface area contributed by atoms with E-state index in [0.29, 0.717) is 18.0 Å². The number of ketones is 1. The molecule has 1 aromatic carbocycles. The lowest BCUT2D eigenvalue weighted by Crippen LogP contribution is -2.28. The fourth-order valence-electron chi connectivity index (χ4n) is 2.13. The van der Waals surface area contributed by atoms with Crippen molar-refractivity contribution in [3.05, 3.63) is 56.3 Å². The summed E-state index contributed by atoms with van der Waals surface area (Å²) in [7, 11) is 0. The molecule has 132 valence electrons. The van der Waals surface area contributed by atoms with Gasteiger partial charge in [-0.15, -0.1) is 11.3 Å². The smallest absolute Gasteiger partial charge is 0.269 e. The van der Waals surface area contributed by atoms with Gasteiger partial charge in [0.2, 0.25) is 5.91 Å². The first kappa shape index (κ1) is 18.6. The predicted molar refractivity (Wildman–Crippen MR) is 97.2 cm³/mol. The average Bonchev–Trinajstić information content (AvgIpc) is 3.03. The molecule has 0 aliphatic heterocycles. The molecule has 1 heterocycles. The number of carbonyl (C=O) groups excluding carboxylic acids is 2. The summed E-state index contributed by atoms with van der Waals surface area (Å²) < 4.78 is 0. The van der Waals surface area contributed by atoms with Gasteiger partial charge in [-0.2, -0.15) is 0 Å². The van der Waals surface area contributed by atoms with Crippen LogP contribution >= 0.6 is 11.3 Å². The normalized spacial score (nSPS) is 10.3. The SMILES string of the molecule is Cc1ccc(C(=O)CCC(=O)NCCNc2ccc([N+](=O)[O-])cc2)s1. The third-order valence-electron chi connectivity index (χ3n) is 3.45. The number of amides is 1. The van der Waals surface area contributed by atoms with E-state index < -0.39 is 4.92 Å². The number of non-ortho nitro benzene ring substituents is 1. The second-order valence-electron chi connectivity index (χ2n) is 5.41. The summed E-state index contributed by atoms with van der Waals surface area (Å²) in [5.41, 5.74) is 0.771. The number of nitro groups is 1. The molecule has 2 aromatic rings. The van der Waals surface area contributed by atoms with Crippen LogP contribution in [0.2, 0.25) is 0 Å². The molecular weight excluding hydrogens is 342 g/mol. The van der Waals surface area contributed by atoms with Crippen molar-refractivity contribution >= 4 is 34.4 Å². The summed E-state index contributed by atoms with van der Waals surface area (Å²) >= 11 is 1.44. The Balaban J connectivity index is 1.63. The van der Waals surface area contributed by atoms with E-state index >= 15 is 0 Å². The number of aryl methyl sites for hydroxylation is 1. The van der Waals surface area contributed by atoms with Crippen molar-refractivity contribution in [2.45, 2.75) is 19.8 Å². The molecule has 1 aromatic heterocycles. The first-order valence-electron chi connectivity index (χ1n) is 7.80. The van der Waals surface area contributed by atoms with Gasteiger partial charge in [-0.3, -0.25) is 19.7 Å². The van der Waals surface area contributed by atoms with Gasteiger partial charge in [-0.05, 0) is 31.2 Å². The van der Waals surface area contributed by atoms with E-state index in [2.05, 4.69) is 10.6 Å². The van der Waals surface area contributed by atoms with Crippen LogP contribution in [0.5, 0.6) is 0 Å². The van der Waals surface area contributed by atoms with Gasteiger partial charge in [0.1, 0.15) is 0 Å². The Bertz CT molecular complexity index is 756. The third kappa shape index (κ3) is 6.00. The fraction of sp³-hybridized carbons (Fsp3) is 0.294. The van der Waals surface area contributed by atoms with Gasteiger partial charge in [-0.25, -0.2) is 0 Å². The highest BCUT2D eigenvalue weighted by Gasteiger charge is 2.10. The Morgan fingerprint density at radius 1 is 1.08 bits per heavy atom. The summed E-state index contributed by atoms with van der Waals surface area (Å²) in [5.74, 6) is -0.190. The van der Waals surface area contributed by atoms with E-state index in [9.17, 15) is 19.7 Å². The number of rotatable bonds is 9. The second kappa shape index (κ2) is 8.93. The zero-order valence-corrected chi connectivity index (χ0v) is 14.6. The molecule has 0 bridgehead atoms. The van der Waals surface area contributed by atoms with Gasteiger partial charge in [0.25, 0.3) is 5.69 Å². The van der Waals surface area contributed by atoms with Crippen LogP contribution < -0.4 is 10.6 Å². The van der Waals surface area contributed by atoms with Crippen LogP contribution in [0.25, 0.3) is 0 Å². The number of nitrogens with zero attached hydrogens (tertiary/aromatic N) is 1. The topological polar surface area (TPSA) is 101 Å². The van der Waals surface area contributed by atoms with E-state index in [1.54, 1.807) is 18.2 Å². The maximum Gasteiger partial charge on any atom is 0.269 e. The second-order valence-corrected chi connectivity index (χ2v) is 6.70. The molecule has 0 saturated heterocycles. The van der Waals surface area contributed by atoms with Crippen LogP contribution in [0.4, 0.5) is 11.4 Å². The van der Waals surface area contributed by atoms with Gasteiger partial charge >= 0.3 is 0 Å². The molecule has 2 N–H and O–H groups in total. The Labute approximate surface area is 149 Å². The van der Waals surface area contributed by atoms with Crippen molar-refractivity contribution in [3.8, 4) is 0 Å². The number of Topliss-reactive ketones (excluding diaryl/α,β-unsaturated/α-hetero) is 1. The number of hydrogen-bond acceptors (Lipinski definition) is 6. The molecule has 0 fully saturated rings. The minimum absolute atomic E-state index is 0.0164. The van der Waals surface area contributed by atoms with Crippen LogP contribution in [0, 0.1) is 17.0 Å². The molecule has 25 heavy (non-hydrogen) atoms. The minimum atomic E-state index is -0.456. The van der Waals surface area contributed by atoms with Crippen molar-refractivity contribution in [3.63, 3.8) is 0 Å². The van der Waals surface area contributed by atoms with Crippen LogP contribution in [-0.2, 0) is 4.79 Å². The lowest BCUT2D eigenvalue weighted by Gasteiger charge is -2.07. The van der Waals surface area contributed by atoms with Crippen molar-refractivity contribution < 1.29 is 14.5 Å². The van der Waals surface area contributed by atoms with Gasteiger partial charge in [0.15, 0.2) is 5.78 Å². The largest absolute Gasteiger partial charge is 0.383 e. The Hall–Kier alpha value is -2.74. The quantitative estimate of drug-likeness (QED) is 0.309. The van der Waals surface area contributed by atoms with E-state index in [0.717, 1.165) is 10.6 Å². The molecular formula is C17H19N3O4S. The maximum absolute atomic E-state index is 11.9. The standard InChI is InChI=1S/C17H19N3O4S/c1-12-2-8-16(25-12)15(21)7-9-17(22)19-11-10-18-13-3-5-14(6-4-13)20(23)24/h2-6,8,18H,7,9-11H2,1H3,(H,19,22). The number of nitrogens with one attached hydrogen (secondary N) is 2. The average molecular weight is 361 g/mol. The molecule has 0 radical (unpaired) electrons. The van der Waals surface area contributed by atoms with E-state index in [4.69, 9.17) is 0 Å². The fourth-order valence-corrected chi connectivity index (χ4v) is 2.97. The molecule has 0 unspecified atom stereocenters. The highest BCUT2D eigenvalue weighted by Crippen LogP contribution is 2.17. The van der Waals surface area contributed by atoms with Crippen molar-refractivity contribution in [2.75, 3.05) is 18.4 Å². The Morgan fingerprint density at radius 2 is 1.80 bits per heavy atom. The number of anilines is 1. The van der Waals surface area contributed by atoms with Crippen LogP contribution in [0.3, 0.4) is 0 Å². The van der Waals surface area contributed by atoms with Crippen molar-refractivity contribution in [2.24, 2.45) is 0 Å². The van der Waals surface area contributed by atoms with E-state index in [1.807, 2.05) is 13.0 Å². The summed E-state index contributed by atoms with van der Waals surface area (Å²) in [4.78, 5) is 35.5. The molecule has 2 rings (SSSR count). The summed E-state index contributed by atoms with van der Waals surface area (Å²) in [6.07, 6.45) is 0.356. The molecule has 8 heteroatoms. The number of carbonyl (C=O) groups is 2. The van der Waals surface area contributed by atoms with Crippen LogP contribution in [0.15, 0.2) is 36.4 Å².